The number of anilines is 2. The number of ether oxygens (including phenoxy) is 1. The number of carboxylic acid groups (broad SMARTS) is 1. The molecule has 1 aromatic heterocycles. The Morgan fingerprint density at radius 3 is 2.63 bits per heavy atom. The highest BCUT2D eigenvalue weighted by Crippen LogP contribution is 2.31. The van der Waals surface area contributed by atoms with Crippen molar-refractivity contribution in [3.05, 3.63) is 69.4 Å². The number of para-hydroxylation sites is 1. The number of rotatable bonds is 5. The maximum absolute atomic E-state index is 12.9. The Morgan fingerprint density at radius 2 is 1.90 bits per heavy atom. The van der Waals surface area contributed by atoms with Gasteiger partial charge in [-0.2, -0.15) is 0 Å². The van der Waals surface area contributed by atoms with E-state index in [-0.39, 0.29) is 17.0 Å². The predicted octanol–water partition coefficient (Wildman–Crippen LogP) is 3.81. The lowest BCUT2D eigenvalue weighted by atomic mass is 10.0. The fourth-order valence-corrected chi connectivity index (χ4v) is 3.79. The van der Waals surface area contributed by atoms with Crippen LogP contribution in [0.15, 0.2) is 51.7 Å². The highest BCUT2D eigenvalue weighted by Gasteiger charge is 2.20. The summed E-state index contributed by atoms with van der Waals surface area (Å²) in [5, 5.41) is 13.3. The van der Waals surface area contributed by atoms with Crippen molar-refractivity contribution in [3.63, 3.8) is 0 Å². The zero-order valence-electron chi connectivity index (χ0n) is 17.0. The molecule has 1 aliphatic heterocycles. The number of fused-ring (bicyclic) bond motifs is 1. The maximum Gasteiger partial charge on any atom is 0.337 e. The number of aryl methyl sites for hydroxylation is 1. The van der Waals surface area contributed by atoms with Gasteiger partial charge in [-0.1, -0.05) is 18.2 Å². The SMILES string of the molecule is Cc1cc(C(C)Nc2ccccc2C(=O)O)c2oc(N3CCOCC3)cc(=O)c2c1. The molecule has 0 spiro atoms. The van der Waals surface area contributed by atoms with E-state index in [0.717, 1.165) is 11.1 Å². The normalized spacial score (nSPS) is 15.2. The molecule has 2 N–H and O–H groups in total. The van der Waals surface area contributed by atoms with Crippen molar-refractivity contribution in [2.24, 2.45) is 0 Å². The van der Waals surface area contributed by atoms with Crippen LogP contribution in [0.3, 0.4) is 0 Å². The number of hydrogen-bond acceptors (Lipinski definition) is 6. The zero-order chi connectivity index (χ0) is 21.3. The molecule has 1 atom stereocenters. The summed E-state index contributed by atoms with van der Waals surface area (Å²) in [5.41, 5.74) is 2.86. The molecule has 0 amide bonds. The Morgan fingerprint density at radius 1 is 1.17 bits per heavy atom. The summed E-state index contributed by atoms with van der Waals surface area (Å²) in [4.78, 5) is 26.4. The van der Waals surface area contributed by atoms with Crippen LogP contribution in [0, 0.1) is 6.92 Å². The lowest BCUT2D eigenvalue weighted by molar-refractivity contribution is 0.0698. The van der Waals surface area contributed by atoms with Crippen molar-refractivity contribution in [3.8, 4) is 0 Å². The smallest absolute Gasteiger partial charge is 0.337 e. The van der Waals surface area contributed by atoms with Crippen LogP contribution in [0.4, 0.5) is 11.6 Å². The fraction of sp³-hybridized carbons (Fsp3) is 0.304. The molecule has 2 heterocycles. The van der Waals surface area contributed by atoms with Gasteiger partial charge in [0.05, 0.1) is 30.2 Å². The summed E-state index contributed by atoms with van der Waals surface area (Å²) in [7, 11) is 0. The second kappa shape index (κ2) is 8.20. The second-order valence-corrected chi connectivity index (χ2v) is 7.50. The van der Waals surface area contributed by atoms with Crippen LogP contribution >= 0.6 is 0 Å². The Kier molecular flexibility index (Phi) is 5.46. The van der Waals surface area contributed by atoms with E-state index < -0.39 is 5.97 Å². The standard InChI is InChI=1S/C23H24N2O5/c1-14-11-17(15(2)24-19-6-4-3-5-16(19)23(27)28)22-18(12-14)20(26)13-21(30-22)25-7-9-29-10-8-25/h3-6,11-13,15,24H,7-10H2,1-2H3,(H,27,28). The molecule has 0 radical (unpaired) electrons. The summed E-state index contributed by atoms with van der Waals surface area (Å²) in [6, 6.07) is 11.8. The van der Waals surface area contributed by atoms with Crippen molar-refractivity contribution < 1.29 is 19.1 Å². The van der Waals surface area contributed by atoms with Crippen LogP contribution in [0.5, 0.6) is 0 Å². The third kappa shape index (κ3) is 3.89. The molecule has 1 saturated heterocycles. The molecular weight excluding hydrogens is 384 g/mol. The fourth-order valence-electron chi connectivity index (χ4n) is 3.79. The first-order chi connectivity index (χ1) is 14.4. The number of benzene rings is 2. The number of nitrogens with one attached hydrogen (secondary N) is 1. The molecule has 7 heteroatoms. The number of nitrogens with zero attached hydrogens (tertiary/aromatic N) is 1. The van der Waals surface area contributed by atoms with Crippen LogP contribution in [-0.4, -0.2) is 37.4 Å². The molecule has 7 nitrogen and oxygen atoms in total. The Bertz CT molecular complexity index is 1150. The van der Waals surface area contributed by atoms with Gasteiger partial charge >= 0.3 is 5.97 Å². The van der Waals surface area contributed by atoms with Gasteiger partial charge in [-0.3, -0.25) is 4.79 Å². The minimum absolute atomic E-state index is 0.0965. The van der Waals surface area contributed by atoms with Crippen LogP contribution in [-0.2, 0) is 4.74 Å². The Balaban J connectivity index is 1.78. The zero-order valence-corrected chi connectivity index (χ0v) is 17.0. The van der Waals surface area contributed by atoms with Gasteiger partial charge in [0.25, 0.3) is 0 Å². The summed E-state index contributed by atoms with van der Waals surface area (Å²) in [6.45, 7) is 6.36. The van der Waals surface area contributed by atoms with E-state index in [4.69, 9.17) is 9.15 Å². The summed E-state index contributed by atoms with van der Waals surface area (Å²) < 4.78 is 11.6. The van der Waals surface area contributed by atoms with Gasteiger partial charge in [0.1, 0.15) is 5.58 Å². The molecule has 30 heavy (non-hydrogen) atoms. The van der Waals surface area contributed by atoms with E-state index in [2.05, 4.69) is 5.32 Å². The van der Waals surface area contributed by atoms with Gasteiger partial charge in [-0.25, -0.2) is 4.79 Å². The maximum atomic E-state index is 12.9. The largest absolute Gasteiger partial charge is 0.478 e. The van der Waals surface area contributed by atoms with Crippen LogP contribution in [0.25, 0.3) is 11.0 Å². The quantitative estimate of drug-likeness (QED) is 0.663. The van der Waals surface area contributed by atoms with Gasteiger partial charge in [0.15, 0.2) is 11.3 Å². The third-order valence-corrected chi connectivity index (χ3v) is 5.31. The predicted molar refractivity (Wildman–Crippen MR) is 116 cm³/mol. The number of hydrogen-bond donors (Lipinski definition) is 2. The molecule has 1 unspecified atom stereocenters. The summed E-state index contributed by atoms with van der Waals surface area (Å²) in [6.07, 6.45) is 0. The van der Waals surface area contributed by atoms with Gasteiger partial charge in [-0.05, 0) is 37.6 Å². The van der Waals surface area contributed by atoms with E-state index in [1.807, 2.05) is 30.9 Å². The first-order valence-electron chi connectivity index (χ1n) is 9.94. The third-order valence-electron chi connectivity index (χ3n) is 5.31. The number of carboxylic acids is 1. The molecule has 1 aliphatic rings. The molecule has 2 aromatic carbocycles. The van der Waals surface area contributed by atoms with Gasteiger partial charge in [0.2, 0.25) is 0 Å². The molecule has 3 aromatic rings. The molecule has 0 aliphatic carbocycles. The molecule has 156 valence electrons. The van der Waals surface area contributed by atoms with E-state index in [1.54, 1.807) is 24.3 Å². The number of carbonyl (C=O) groups is 1. The molecular formula is C23H24N2O5. The van der Waals surface area contributed by atoms with E-state index >= 15 is 0 Å². The highest BCUT2D eigenvalue weighted by molar-refractivity contribution is 5.94. The van der Waals surface area contributed by atoms with Crippen molar-refractivity contribution in [2.75, 3.05) is 36.5 Å². The van der Waals surface area contributed by atoms with Gasteiger partial charge in [-0.15, -0.1) is 0 Å². The molecule has 4 rings (SSSR count). The van der Waals surface area contributed by atoms with Crippen molar-refractivity contribution in [2.45, 2.75) is 19.9 Å². The van der Waals surface area contributed by atoms with E-state index in [9.17, 15) is 14.7 Å². The summed E-state index contributed by atoms with van der Waals surface area (Å²) in [5.74, 6) is -0.473. The average molecular weight is 408 g/mol. The Hall–Kier alpha value is -3.32. The molecule has 1 fully saturated rings. The average Bonchev–Trinajstić information content (AvgIpc) is 2.74. The second-order valence-electron chi connectivity index (χ2n) is 7.50. The van der Waals surface area contributed by atoms with Gasteiger partial charge in [0, 0.05) is 30.4 Å². The van der Waals surface area contributed by atoms with Crippen molar-refractivity contribution >= 4 is 28.5 Å². The van der Waals surface area contributed by atoms with Crippen LogP contribution in [0.2, 0.25) is 0 Å². The number of aromatic carboxylic acids is 1. The minimum atomic E-state index is -1.000. The first kappa shape index (κ1) is 20.0. The minimum Gasteiger partial charge on any atom is -0.478 e. The van der Waals surface area contributed by atoms with Crippen LogP contribution < -0.4 is 15.6 Å². The van der Waals surface area contributed by atoms with Crippen molar-refractivity contribution in [1.82, 2.24) is 0 Å². The number of morpholine rings is 1. The van der Waals surface area contributed by atoms with Gasteiger partial charge < -0.3 is 24.5 Å². The topological polar surface area (TPSA) is 92.0 Å². The molecule has 0 bridgehead atoms. The van der Waals surface area contributed by atoms with Crippen molar-refractivity contribution in [1.29, 1.82) is 0 Å². The monoisotopic (exact) mass is 408 g/mol. The summed E-state index contributed by atoms with van der Waals surface area (Å²) >= 11 is 0. The molecule has 0 saturated carbocycles. The van der Waals surface area contributed by atoms with E-state index in [0.29, 0.717) is 48.8 Å². The first-order valence-corrected chi connectivity index (χ1v) is 9.94. The van der Waals surface area contributed by atoms with E-state index in [1.165, 1.54) is 6.07 Å². The Labute approximate surface area is 173 Å². The lowest BCUT2D eigenvalue weighted by Crippen LogP contribution is -2.36. The van der Waals surface area contributed by atoms with Crippen LogP contribution in [0.1, 0.15) is 34.5 Å². The lowest BCUT2D eigenvalue weighted by Gasteiger charge is -2.27. The highest BCUT2D eigenvalue weighted by atomic mass is 16.5.